The average Bonchev–Trinajstić information content (AvgIpc) is 3.10. The summed E-state index contributed by atoms with van der Waals surface area (Å²) in [6.07, 6.45) is 2.11. The molecular formula is C20H21NO3. The van der Waals surface area contributed by atoms with Gasteiger partial charge >= 0.3 is 0 Å². The van der Waals surface area contributed by atoms with Crippen LogP contribution in [0.5, 0.6) is 5.75 Å². The van der Waals surface area contributed by atoms with Gasteiger partial charge in [-0.1, -0.05) is 30.3 Å². The Morgan fingerprint density at radius 3 is 2.92 bits per heavy atom. The first-order valence-corrected chi connectivity index (χ1v) is 8.46. The van der Waals surface area contributed by atoms with E-state index in [9.17, 15) is 4.79 Å². The Kier molecular flexibility index (Phi) is 4.22. The second kappa shape index (κ2) is 6.65. The molecule has 0 N–H and O–H groups in total. The van der Waals surface area contributed by atoms with Crippen LogP contribution in [0.1, 0.15) is 27.9 Å². The number of nitrogens with zero attached hydrogens (tertiary/aromatic N) is 1. The molecule has 0 spiro atoms. The van der Waals surface area contributed by atoms with Gasteiger partial charge in [0.25, 0.3) is 5.91 Å². The van der Waals surface area contributed by atoms with E-state index in [2.05, 4.69) is 24.3 Å². The van der Waals surface area contributed by atoms with E-state index in [0.717, 1.165) is 42.8 Å². The van der Waals surface area contributed by atoms with Gasteiger partial charge in [-0.2, -0.15) is 0 Å². The van der Waals surface area contributed by atoms with E-state index in [4.69, 9.17) is 9.47 Å². The molecule has 2 aliphatic rings. The van der Waals surface area contributed by atoms with Crippen molar-refractivity contribution in [2.24, 2.45) is 5.92 Å². The third-order valence-corrected chi connectivity index (χ3v) is 4.80. The molecule has 24 heavy (non-hydrogen) atoms. The molecule has 4 nitrogen and oxygen atoms in total. The molecule has 0 aliphatic carbocycles. The van der Waals surface area contributed by atoms with Crippen molar-refractivity contribution in [2.75, 3.05) is 19.9 Å². The summed E-state index contributed by atoms with van der Waals surface area (Å²) in [6, 6.07) is 16.1. The lowest BCUT2D eigenvalue weighted by molar-refractivity contribution is -0.0164. The van der Waals surface area contributed by atoms with Crippen molar-refractivity contribution < 1.29 is 14.3 Å². The van der Waals surface area contributed by atoms with Gasteiger partial charge in [-0.25, -0.2) is 0 Å². The fourth-order valence-electron chi connectivity index (χ4n) is 3.54. The van der Waals surface area contributed by atoms with E-state index >= 15 is 0 Å². The maximum absolute atomic E-state index is 12.8. The third kappa shape index (κ3) is 3.15. The highest BCUT2D eigenvalue weighted by molar-refractivity contribution is 5.94. The van der Waals surface area contributed by atoms with Gasteiger partial charge in [-0.3, -0.25) is 4.79 Å². The molecule has 2 heterocycles. The van der Waals surface area contributed by atoms with Gasteiger partial charge in [0.05, 0.1) is 6.61 Å². The second-order valence-corrected chi connectivity index (χ2v) is 6.53. The number of ether oxygens (including phenoxy) is 2. The summed E-state index contributed by atoms with van der Waals surface area (Å²) in [5.41, 5.74) is 3.02. The summed E-state index contributed by atoms with van der Waals surface area (Å²) in [6.45, 7) is 2.46. The molecule has 0 aromatic heterocycles. The van der Waals surface area contributed by atoms with Crippen LogP contribution in [0.2, 0.25) is 0 Å². The molecule has 0 bridgehead atoms. The number of fused-ring (bicyclic) bond motifs is 1. The maximum atomic E-state index is 12.8. The molecule has 124 valence electrons. The van der Waals surface area contributed by atoms with Crippen molar-refractivity contribution >= 4 is 5.91 Å². The van der Waals surface area contributed by atoms with E-state index in [0.29, 0.717) is 12.5 Å². The number of rotatable bonds is 3. The monoisotopic (exact) mass is 323 g/mol. The van der Waals surface area contributed by atoms with Crippen LogP contribution in [0.4, 0.5) is 0 Å². The topological polar surface area (TPSA) is 38.8 Å². The minimum atomic E-state index is 0.110. The first-order valence-electron chi connectivity index (χ1n) is 8.46. The largest absolute Gasteiger partial charge is 0.467 e. The van der Waals surface area contributed by atoms with Crippen molar-refractivity contribution in [3.05, 3.63) is 65.2 Å². The van der Waals surface area contributed by atoms with Gasteiger partial charge in [0, 0.05) is 24.2 Å². The van der Waals surface area contributed by atoms with Crippen molar-refractivity contribution in [2.45, 2.75) is 19.4 Å². The minimum absolute atomic E-state index is 0.110. The van der Waals surface area contributed by atoms with Crippen LogP contribution in [-0.2, 0) is 17.8 Å². The van der Waals surface area contributed by atoms with Gasteiger partial charge in [0.2, 0.25) is 0 Å². The van der Waals surface area contributed by atoms with Crippen LogP contribution in [-0.4, -0.2) is 30.7 Å². The first kappa shape index (κ1) is 15.2. The summed E-state index contributed by atoms with van der Waals surface area (Å²) in [5.74, 6) is 1.47. The number of amides is 1. The van der Waals surface area contributed by atoms with Gasteiger partial charge in [-0.05, 0) is 42.5 Å². The SMILES string of the molecule is O=C(c1ccc2c(c1)COCO2)N1CCC(Cc2ccccc2)C1. The normalized spacial score (nSPS) is 19.7. The van der Waals surface area contributed by atoms with Gasteiger partial charge in [0.15, 0.2) is 6.79 Å². The lowest BCUT2D eigenvalue weighted by atomic mass is 9.99. The smallest absolute Gasteiger partial charge is 0.253 e. The second-order valence-electron chi connectivity index (χ2n) is 6.53. The number of benzene rings is 2. The highest BCUT2D eigenvalue weighted by atomic mass is 16.7. The van der Waals surface area contributed by atoms with Gasteiger partial charge in [-0.15, -0.1) is 0 Å². The molecule has 1 fully saturated rings. The van der Waals surface area contributed by atoms with Gasteiger partial charge < -0.3 is 14.4 Å². The average molecular weight is 323 g/mol. The zero-order valence-corrected chi connectivity index (χ0v) is 13.6. The maximum Gasteiger partial charge on any atom is 0.253 e. The van der Waals surface area contributed by atoms with Gasteiger partial charge in [0.1, 0.15) is 5.75 Å². The van der Waals surface area contributed by atoms with Crippen molar-refractivity contribution in [3.63, 3.8) is 0 Å². The lowest BCUT2D eigenvalue weighted by Gasteiger charge is -2.20. The van der Waals surface area contributed by atoms with Crippen molar-refractivity contribution in [3.8, 4) is 5.75 Å². The zero-order chi connectivity index (χ0) is 16.4. The summed E-state index contributed by atoms with van der Waals surface area (Å²) in [5, 5.41) is 0. The molecule has 4 rings (SSSR count). The van der Waals surface area contributed by atoms with Crippen LogP contribution < -0.4 is 4.74 Å². The molecule has 0 saturated carbocycles. The Balaban J connectivity index is 1.42. The highest BCUT2D eigenvalue weighted by Crippen LogP contribution is 2.27. The number of hydrogen-bond donors (Lipinski definition) is 0. The van der Waals surface area contributed by atoms with Crippen LogP contribution in [0.15, 0.2) is 48.5 Å². The van der Waals surface area contributed by atoms with E-state index in [1.807, 2.05) is 29.2 Å². The number of carbonyl (C=O) groups excluding carboxylic acids is 1. The Hall–Kier alpha value is -2.33. The molecule has 1 unspecified atom stereocenters. The molecular weight excluding hydrogens is 302 g/mol. The van der Waals surface area contributed by atoms with Crippen LogP contribution in [0, 0.1) is 5.92 Å². The fraction of sp³-hybridized carbons (Fsp3) is 0.350. The van der Waals surface area contributed by atoms with Crippen LogP contribution >= 0.6 is 0 Å². The predicted molar refractivity (Wildman–Crippen MR) is 90.9 cm³/mol. The molecule has 0 radical (unpaired) electrons. The van der Waals surface area contributed by atoms with Crippen LogP contribution in [0.3, 0.4) is 0 Å². The Labute approximate surface area is 142 Å². The van der Waals surface area contributed by atoms with Crippen molar-refractivity contribution in [1.82, 2.24) is 4.90 Å². The Morgan fingerprint density at radius 2 is 2.04 bits per heavy atom. The van der Waals surface area contributed by atoms with Crippen molar-refractivity contribution in [1.29, 1.82) is 0 Å². The molecule has 2 aliphatic heterocycles. The summed E-state index contributed by atoms with van der Waals surface area (Å²) in [4.78, 5) is 14.7. The molecule has 2 aromatic rings. The van der Waals surface area contributed by atoms with E-state index in [1.54, 1.807) is 0 Å². The number of hydrogen-bond acceptors (Lipinski definition) is 3. The third-order valence-electron chi connectivity index (χ3n) is 4.80. The van der Waals surface area contributed by atoms with E-state index in [-0.39, 0.29) is 12.7 Å². The lowest BCUT2D eigenvalue weighted by Crippen LogP contribution is -2.29. The fourth-order valence-corrected chi connectivity index (χ4v) is 3.54. The zero-order valence-electron chi connectivity index (χ0n) is 13.6. The number of likely N-dealkylation sites (tertiary alicyclic amines) is 1. The Morgan fingerprint density at radius 1 is 1.17 bits per heavy atom. The minimum Gasteiger partial charge on any atom is -0.467 e. The molecule has 2 aromatic carbocycles. The van der Waals surface area contributed by atoms with E-state index in [1.165, 1.54) is 5.56 Å². The quantitative estimate of drug-likeness (QED) is 0.870. The molecule has 1 amide bonds. The summed E-state index contributed by atoms with van der Waals surface area (Å²) in [7, 11) is 0. The molecule has 1 atom stereocenters. The number of carbonyl (C=O) groups is 1. The summed E-state index contributed by atoms with van der Waals surface area (Å²) >= 11 is 0. The standard InChI is InChI=1S/C20H21NO3/c22-20(17-6-7-19-18(11-17)13-23-14-24-19)21-9-8-16(12-21)10-15-4-2-1-3-5-15/h1-7,11,16H,8-10,12-14H2. The van der Waals surface area contributed by atoms with Crippen LogP contribution in [0.25, 0.3) is 0 Å². The molecule has 4 heteroatoms. The first-order chi connectivity index (χ1) is 11.8. The highest BCUT2D eigenvalue weighted by Gasteiger charge is 2.27. The summed E-state index contributed by atoms with van der Waals surface area (Å²) < 4.78 is 10.7. The Bertz CT molecular complexity index is 729. The molecule has 1 saturated heterocycles. The predicted octanol–water partition coefficient (Wildman–Crippen LogP) is 3.26. The van der Waals surface area contributed by atoms with E-state index < -0.39 is 0 Å².